The van der Waals surface area contributed by atoms with Crippen LogP contribution in [0.25, 0.3) is 11.3 Å². The second kappa shape index (κ2) is 9.94. The van der Waals surface area contributed by atoms with Crippen molar-refractivity contribution in [3.8, 4) is 11.3 Å². The highest BCUT2D eigenvalue weighted by Crippen LogP contribution is 2.36. The van der Waals surface area contributed by atoms with Gasteiger partial charge in [-0.2, -0.15) is 0 Å². The van der Waals surface area contributed by atoms with Gasteiger partial charge >= 0.3 is 0 Å². The molecule has 2 aromatic heterocycles. The number of aromatic nitrogens is 3. The smallest absolute Gasteiger partial charge is 0.174 e. The van der Waals surface area contributed by atoms with Crippen LogP contribution in [0.2, 0.25) is 0 Å². The largest absolute Gasteiger partial charge is 0.306 e. The summed E-state index contributed by atoms with van der Waals surface area (Å²) in [6.07, 6.45) is 7.76. The first-order chi connectivity index (χ1) is 17.2. The number of hydrogen-bond donors (Lipinski definition) is 0. The van der Waals surface area contributed by atoms with E-state index < -0.39 is 0 Å². The molecule has 3 aromatic rings. The molecule has 0 atom stereocenters. The van der Waals surface area contributed by atoms with Crippen molar-refractivity contribution in [2.45, 2.75) is 65.2 Å². The molecule has 4 heterocycles. The minimum absolute atomic E-state index is 0.0320. The van der Waals surface area contributed by atoms with Gasteiger partial charge in [-0.1, -0.05) is 32.9 Å². The molecular weight excluding hydrogens is 466 g/mol. The SMILES string of the molecule is Cc1cc(-c2ncnc3c2CC(C2CCN(C)CC2)=N3)ccc1CCC(=O)c1cnc(C(C)(C)C)s1. The average Bonchev–Trinajstić information content (AvgIpc) is 3.51. The van der Waals surface area contributed by atoms with Crippen molar-refractivity contribution in [1.29, 1.82) is 0 Å². The third-order valence-corrected chi connectivity index (χ3v) is 8.84. The Morgan fingerprint density at radius 2 is 1.92 bits per heavy atom. The number of likely N-dealkylation sites (tertiary alicyclic amines) is 1. The van der Waals surface area contributed by atoms with Gasteiger partial charge in [0.15, 0.2) is 11.6 Å². The van der Waals surface area contributed by atoms with Crippen molar-refractivity contribution >= 4 is 28.6 Å². The summed E-state index contributed by atoms with van der Waals surface area (Å²) in [4.78, 5) is 34.5. The summed E-state index contributed by atoms with van der Waals surface area (Å²) in [6.45, 7) is 10.7. The molecule has 7 heteroatoms. The lowest BCUT2D eigenvalue weighted by Crippen LogP contribution is -2.33. The van der Waals surface area contributed by atoms with Crippen molar-refractivity contribution in [2.24, 2.45) is 10.9 Å². The fraction of sp³-hybridized carbons (Fsp3) is 0.483. The van der Waals surface area contributed by atoms with Crippen molar-refractivity contribution in [2.75, 3.05) is 20.1 Å². The van der Waals surface area contributed by atoms with E-state index in [9.17, 15) is 4.79 Å². The summed E-state index contributed by atoms with van der Waals surface area (Å²) >= 11 is 1.52. The van der Waals surface area contributed by atoms with Crippen LogP contribution in [-0.4, -0.2) is 51.5 Å². The zero-order valence-electron chi connectivity index (χ0n) is 22.0. The maximum Gasteiger partial charge on any atom is 0.174 e. The van der Waals surface area contributed by atoms with Gasteiger partial charge in [0.25, 0.3) is 0 Å². The Labute approximate surface area is 217 Å². The molecule has 0 N–H and O–H groups in total. The third-order valence-electron chi connectivity index (χ3n) is 7.38. The van der Waals surface area contributed by atoms with Gasteiger partial charge in [-0.15, -0.1) is 11.3 Å². The molecule has 1 fully saturated rings. The third kappa shape index (κ3) is 5.18. The summed E-state index contributed by atoms with van der Waals surface area (Å²) < 4.78 is 0. The first-order valence-electron chi connectivity index (χ1n) is 12.9. The molecule has 0 bridgehead atoms. The van der Waals surface area contributed by atoms with Gasteiger partial charge in [0.2, 0.25) is 0 Å². The number of nitrogens with zero attached hydrogens (tertiary/aromatic N) is 5. The number of thiazole rings is 1. The molecule has 0 aliphatic carbocycles. The van der Waals surface area contributed by atoms with Gasteiger partial charge in [-0.3, -0.25) is 4.79 Å². The minimum atomic E-state index is -0.0320. The number of aliphatic imine (C=N–C) groups is 1. The number of benzene rings is 1. The predicted octanol–water partition coefficient (Wildman–Crippen LogP) is 5.99. The highest BCUT2D eigenvalue weighted by molar-refractivity contribution is 7.13. The van der Waals surface area contributed by atoms with Crippen LogP contribution in [0.4, 0.5) is 5.82 Å². The van der Waals surface area contributed by atoms with Crippen LogP contribution in [-0.2, 0) is 18.3 Å². The van der Waals surface area contributed by atoms with E-state index in [1.165, 1.54) is 28.2 Å². The van der Waals surface area contributed by atoms with Crippen molar-refractivity contribution in [3.05, 3.63) is 57.3 Å². The molecule has 0 amide bonds. The van der Waals surface area contributed by atoms with E-state index in [1.54, 1.807) is 12.5 Å². The molecule has 36 heavy (non-hydrogen) atoms. The zero-order chi connectivity index (χ0) is 25.4. The highest BCUT2D eigenvalue weighted by Gasteiger charge is 2.28. The maximum atomic E-state index is 12.8. The Morgan fingerprint density at radius 3 is 2.61 bits per heavy atom. The molecule has 2 aliphatic rings. The standard InChI is InChI=1S/C29H35N5OS/c1-18-14-21(7-6-19(18)8-9-24(35)25-16-30-28(36-25)29(2,3)4)26-22-15-23(33-27(22)32-17-31-26)20-10-12-34(5)13-11-20/h6-7,14,16-17,20H,8-13,15H2,1-5H3. The highest BCUT2D eigenvalue weighted by atomic mass is 32.1. The van der Waals surface area contributed by atoms with Crippen LogP contribution >= 0.6 is 11.3 Å². The predicted molar refractivity (Wildman–Crippen MR) is 147 cm³/mol. The van der Waals surface area contributed by atoms with Crippen LogP contribution in [0.15, 0.2) is 35.7 Å². The number of hydrogen-bond acceptors (Lipinski definition) is 7. The first kappa shape index (κ1) is 24.9. The molecule has 0 saturated carbocycles. The summed E-state index contributed by atoms with van der Waals surface area (Å²) in [5, 5.41) is 1.01. The molecule has 0 unspecified atom stereocenters. The van der Waals surface area contributed by atoms with Crippen LogP contribution in [0.3, 0.4) is 0 Å². The Bertz CT molecular complexity index is 1310. The molecule has 2 aliphatic heterocycles. The monoisotopic (exact) mass is 501 g/mol. The summed E-state index contributed by atoms with van der Waals surface area (Å²) in [5.74, 6) is 1.54. The van der Waals surface area contributed by atoms with Gasteiger partial charge < -0.3 is 4.90 Å². The van der Waals surface area contributed by atoms with Crippen LogP contribution < -0.4 is 0 Å². The van der Waals surface area contributed by atoms with Gasteiger partial charge in [0, 0.05) is 47.2 Å². The fourth-order valence-corrected chi connectivity index (χ4v) is 6.03. The van der Waals surface area contributed by atoms with Crippen LogP contribution in [0, 0.1) is 12.8 Å². The first-order valence-corrected chi connectivity index (χ1v) is 13.7. The van der Waals surface area contributed by atoms with E-state index in [0.717, 1.165) is 71.3 Å². The number of rotatable bonds is 6. The van der Waals surface area contributed by atoms with Gasteiger partial charge in [0.1, 0.15) is 6.33 Å². The zero-order valence-corrected chi connectivity index (χ0v) is 22.8. The average molecular weight is 502 g/mol. The number of fused-ring (bicyclic) bond motifs is 1. The van der Waals surface area contributed by atoms with Gasteiger partial charge in [-0.05, 0) is 63.5 Å². The second-order valence-corrected chi connectivity index (χ2v) is 12.3. The molecule has 188 valence electrons. The summed E-state index contributed by atoms with van der Waals surface area (Å²) in [5.41, 5.74) is 6.84. The van der Waals surface area contributed by atoms with Gasteiger partial charge in [-0.25, -0.2) is 19.9 Å². The molecule has 0 radical (unpaired) electrons. The molecule has 1 aromatic carbocycles. The summed E-state index contributed by atoms with van der Waals surface area (Å²) in [6, 6.07) is 6.47. The Kier molecular flexibility index (Phi) is 6.88. The Morgan fingerprint density at radius 1 is 1.14 bits per heavy atom. The van der Waals surface area contributed by atoms with Crippen LogP contribution in [0.5, 0.6) is 0 Å². The second-order valence-electron chi connectivity index (χ2n) is 11.2. The topological polar surface area (TPSA) is 71.3 Å². The number of carbonyl (C=O) groups excluding carboxylic acids is 1. The van der Waals surface area contributed by atoms with E-state index in [2.05, 4.69) is 72.8 Å². The molecule has 5 rings (SSSR count). The Balaban J connectivity index is 1.27. The van der Waals surface area contributed by atoms with E-state index in [-0.39, 0.29) is 11.2 Å². The van der Waals surface area contributed by atoms with Crippen LogP contribution in [0.1, 0.15) is 71.4 Å². The molecule has 1 saturated heterocycles. The molecular formula is C29H35N5OS. The van der Waals surface area contributed by atoms with Crippen molar-refractivity contribution in [1.82, 2.24) is 19.9 Å². The molecule has 6 nitrogen and oxygen atoms in total. The fourth-order valence-electron chi connectivity index (χ4n) is 5.09. The number of Topliss-reactive ketones (excluding diaryl/α,β-unsaturated/α-hetero) is 1. The van der Waals surface area contributed by atoms with E-state index in [1.807, 2.05) is 0 Å². The lowest BCUT2D eigenvalue weighted by Gasteiger charge is -2.28. The number of ketones is 1. The van der Waals surface area contributed by atoms with E-state index >= 15 is 0 Å². The maximum absolute atomic E-state index is 12.8. The normalized spacial score (nSPS) is 16.8. The number of carbonyl (C=O) groups is 1. The molecule has 0 spiro atoms. The minimum Gasteiger partial charge on any atom is -0.306 e. The van der Waals surface area contributed by atoms with E-state index in [0.29, 0.717) is 12.3 Å². The number of aryl methyl sites for hydroxylation is 2. The summed E-state index contributed by atoms with van der Waals surface area (Å²) in [7, 11) is 2.19. The quantitative estimate of drug-likeness (QED) is 0.388. The van der Waals surface area contributed by atoms with Crippen molar-refractivity contribution < 1.29 is 4.79 Å². The van der Waals surface area contributed by atoms with Gasteiger partial charge in [0.05, 0.1) is 15.6 Å². The lowest BCUT2D eigenvalue weighted by atomic mass is 9.89. The van der Waals surface area contributed by atoms with E-state index in [4.69, 9.17) is 4.99 Å². The van der Waals surface area contributed by atoms with Crippen molar-refractivity contribution in [3.63, 3.8) is 0 Å². The Hall–Kier alpha value is -2.77. The lowest BCUT2D eigenvalue weighted by molar-refractivity contribution is 0.0986. The number of piperidine rings is 1.